The van der Waals surface area contributed by atoms with E-state index < -0.39 is 11.6 Å². The van der Waals surface area contributed by atoms with Gasteiger partial charge in [0.25, 0.3) is 0 Å². The van der Waals surface area contributed by atoms with Crippen LogP contribution in [0.3, 0.4) is 0 Å². The maximum Gasteiger partial charge on any atom is 0.240 e. The number of carbonyl (C=O) groups excluding carboxylic acids is 3. The summed E-state index contributed by atoms with van der Waals surface area (Å²) in [6, 6.07) is -0.553. The number of likely N-dealkylation sites (tertiary alicyclic amines) is 1. The first kappa shape index (κ1) is 38.5. The van der Waals surface area contributed by atoms with Crippen molar-refractivity contribution in [1.82, 2.24) is 10.2 Å². The molecule has 2 amide bonds. The molecule has 1 N–H and O–H groups in total. The van der Waals surface area contributed by atoms with Crippen molar-refractivity contribution in [2.24, 2.45) is 5.92 Å². The van der Waals surface area contributed by atoms with E-state index in [1.807, 2.05) is 13.8 Å². The molecule has 1 heterocycles. The molecule has 1 saturated heterocycles. The summed E-state index contributed by atoms with van der Waals surface area (Å²) in [5.41, 5.74) is -0.680. The van der Waals surface area contributed by atoms with Gasteiger partial charge in [-0.3, -0.25) is 22.1 Å². The molecule has 1 aliphatic carbocycles. The predicted octanol–water partition coefficient (Wildman–Crippen LogP) is 2.13. The molecular formula is C17H28N2O3UVWY-4. The third kappa shape index (κ3) is 10.1. The van der Waals surface area contributed by atoms with Gasteiger partial charge in [-0.2, -0.15) is 6.92 Å². The number of ketones is 1. The molecule has 1 aliphatic heterocycles. The summed E-state index contributed by atoms with van der Waals surface area (Å²) >= 11 is 0. The van der Waals surface area contributed by atoms with Crippen molar-refractivity contribution in [3.05, 3.63) is 27.3 Å². The van der Waals surface area contributed by atoms with Gasteiger partial charge in [0.15, 0.2) is 5.78 Å². The van der Waals surface area contributed by atoms with E-state index in [2.05, 4.69) is 12.2 Å². The molecule has 0 aromatic rings. The van der Waals surface area contributed by atoms with Gasteiger partial charge in [0.1, 0.15) is 0 Å². The van der Waals surface area contributed by atoms with Crippen LogP contribution in [-0.2, 0) is 86.7 Å². The summed E-state index contributed by atoms with van der Waals surface area (Å²) in [6.07, 6.45) is 3.30. The van der Waals surface area contributed by atoms with Crippen molar-refractivity contribution in [2.75, 3.05) is 0 Å². The van der Waals surface area contributed by atoms with Crippen LogP contribution < -0.4 is 5.32 Å². The minimum atomic E-state index is -0.680. The molecule has 0 bridgehead atoms. The SMILES string of the molecule is CC.[CH2-]C1[CH-]N(C(=O)[CH-]C)[C@H](C(=O)NC2(C(C)=O)CC2)C1.[CH3-].[U].[V].[W].[Y]. The number of amides is 2. The topological polar surface area (TPSA) is 66.5 Å². The van der Waals surface area contributed by atoms with Gasteiger partial charge in [-0.05, 0) is 19.8 Å². The summed E-state index contributed by atoms with van der Waals surface area (Å²) in [6.45, 7) is 12.7. The molecule has 2 aliphatic rings. The molecule has 0 aromatic heterocycles. The zero-order valence-electron chi connectivity index (χ0n) is 16.2. The second-order valence-corrected chi connectivity index (χ2v) is 5.32. The first-order valence-electron chi connectivity index (χ1n) is 7.52. The van der Waals surface area contributed by atoms with E-state index in [0.717, 1.165) is 0 Å². The van der Waals surface area contributed by atoms with Crippen molar-refractivity contribution in [3.63, 3.8) is 0 Å². The van der Waals surface area contributed by atoms with Crippen LogP contribution in [0.1, 0.15) is 47.0 Å². The fraction of sp³-hybridized carbons (Fsp3) is 0.588. The number of nitrogens with zero attached hydrogens (tertiary/aromatic N) is 1. The fourth-order valence-corrected chi connectivity index (χ4v) is 2.41. The molecule has 2 atom stereocenters. The second kappa shape index (κ2) is 17.7. The van der Waals surface area contributed by atoms with Gasteiger partial charge >= 0.3 is 0 Å². The molecule has 1 unspecified atom stereocenters. The summed E-state index contributed by atoms with van der Waals surface area (Å²) < 4.78 is 0. The molecule has 2 fully saturated rings. The number of nitrogens with one attached hydrogen (secondary N) is 1. The Bertz CT molecular complexity index is 440. The largest absolute Gasteiger partial charge is 0.510 e. The second-order valence-electron chi connectivity index (χ2n) is 5.32. The van der Waals surface area contributed by atoms with Crippen LogP contribution in [0.25, 0.3) is 0 Å². The number of hydrogen-bond donors (Lipinski definition) is 1. The molecule has 0 aromatic carbocycles. The summed E-state index contributed by atoms with van der Waals surface area (Å²) in [7, 11) is 0. The summed E-state index contributed by atoms with van der Waals surface area (Å²) in [5.74, 6) is -0.551. The monoisotopic (exact) mass is 870 g/mol. The van der Waals surface area contributed by atoms with Crippen LogP contribution in [0.5, 0.6) is 0 Å². The van der Waals surface area contributed by atoms with Gasteiger partial charge in [0, 0.05) is 103 Å². The molecule has 26 heavy (non-hydrogen) atoms. The van der Waals surface area contributed by atoms with Gasteiger partial charge in [-0.1, -0.05) is 20.3 Å². The minimum Gasteiger partial charge on any atom is -0.510 e. The van der Waals surface area contributed by atoms with Crippen molar-refractivity contribution >= 4 is 17.6 Å². The smallest absolute Gasteiger partial charge is 0.240 e. The Morgan fingerprint density at radius 3 is 2.08 bits per heavy atom. The first-order chi connectivity index (χ1) is 9.89. The van der Waals surface area contributed by atoms with Gasteiger partial charge in [-0.15, -0.1) is 0 Å². The number of hydrogen-bond acceptors (Lipinski definition) is 3. The van der Waals surface area contributed by atoms with E-state index in [4.69, 9.17) is 0 Å². The van der Waals surface area contributed by atoms with Crippen LogP contribution in [0.4, 0.5) is 0 Å². The van der Waals surface area contributed by atoms with Crippen LogP contribution in [0.15, 0.2) is 0 Å². The Morgan fingerprint density at radius 1 is 1.27 bits per heavy atom. The number of Topliss-reactive ketones (excluding diaryl/α,β-unsaturated/α-hetero) is 1. The molecule has 9 heteroatoms. The minimum absolute atomic E-state index is 0. The van der Waals surface area contributed by atoms with E-state index in [1.54, 1.807) is 13.5 Å². The molecule has 2 rings (SSSR count). The Hall–Kier alpha value is 1.91. The van der Waals surface area contributed by atoms with Crippen LogP contribution in [0.2, 0.25) is 0 Å². The summed E-state index contributed by atoms with van der Waals surface area (Å²) in [4.78, 5) is 36.9. The van der Waals surface area contributed by atoms with Crippen LogP contribution >= 0.6 is 0 Å². The third-order valence-electron chi connectivity index (χ3n) is 3.82. The average Bonchev–Trinajstić information content (AvgIpc) is 3.15. The average molecular weight is 870 g/mol. The molecule has 0 spiro atoms. The third-order valence-corrected chi connectivity index (χ3v) is 3.82. The maximum absolute atomic E-state index is 12.3. The quantitative estimate of drug-likeness (QED) is 0.442. The zero-order valence-corrected chi connectivity index (χ0v) is 27.6. The molecular weight excluding hydrogens is 842 g/mol. The van der Waals surface area contributed by atoms with Crippen molar-refractivity contribution in [2.45, 2.75) is 58.5 Å². The van der Waals surface area contributed by atoms with E-state index in [1.165, 1.54) is 18.2 Å². The van der Waals surface area contributed by atoms with E-state index in [-0.39, 0.29) is 134 Å². The number of carbonyl (C=O) groups is 3. The van der Waals surface area contributed by atoms with Gasteiger partial charge in [0.05, 0.1) is 17.5 Å². The van der Waals surface area contributed by atoms with E-state index >= 15 is 0 Å². The number of rotatable bonds is 4. The molecule has 146 valence electrons. The Balaban J connectivity index is -0.000000203. The molecule has 2 radical (unpaired) electrons. The van der Waals surface area contributed by atoms with Gasteiger partial charge in [0.2, 0.25) is 5.91 Å². The van der Waals surface area contributed by atoms with Gasteiger partial charge < -0.3 is 35.8 Å². The Kier molecular flexibility index (Phi) is 26.3. The van der Waals surface area contributed by atoms with E-state index in [0.29, 0.717) is 19.3 Å². The van der Waals surface area contributed by atoms with E-state index in [9.17, 15) is 14.4 Å². The van der Waals surface area contributed by atoms with Crippen LogP contribution in [-0.4, -0.2) is 34.1 Å². The Labute approximate surface area is 234 Å². The van der Waals surface area contributed by atoms with Crippen molar-refractivity contribution in [1.29, 1.82) is 0 Å². The normalized spacial score (nSPS) is 20.6. The maximum atomic E-state index is 12.3. The molecule has 5 nitrogen and oxygen atoms in total. The predicted molar refractivity (Wildman–Crippen MR) is 86.9 cm³/mol. The van der Waals surface area contributed by atoms with Crippen molar-refractivity contribution < 1.29 is 118 Å². The fourth-order valence-electron chi connectivity index (χ4n) is 2.41. The van der Waals surface area contributed by atoms with Crippen LogP contribution in [0, 0.1) is 64.3 Å². The first-order valence-corrected chi connectivity index (χ1v) is 7.52. The standard InChI is InChI=1S/C14H19N2O3.C2H6.CH3.U.V.W.Y/c1-4-12(18)16-8-9(2)7-11(16)13(19)15-14(5-6-14)10(3)17;1-2;;;;;/h4,8-9,11H,2,5-7H2,1,3H3,(H,15,19);1-2H3;1H3;;;;/q-3;;-1;;;;/t9?,11-;;;;;;/m0....../s1. The van der Waals surface area contributed by atoms with Crippen molar-refractivity contribution in [3.8, 4) is 0 Å². The molecule has 1 saturated carbocycles. The Morgan fingerprint density at radius 2 is 1.73 bits per heavy atom. The summed E-state index contributed by atoms with van der Waals surface area (Å²) in [5, 5.41) is 2.79. The zero-order chi connectivity index (χ0) is 16.2. The van der Waals surface area contributed by atoms with Gasteiger partial charge in [-0.25, -0.2) is 0 Å².